The maximum absolute atomic E-state index is 11.6. The third-order valence-corrected chi connectivity index (χ3v) is 6.15. The monoisotopic (exact) mass is 416 g/mol. The quantitative estimate of drug-likeness (QED) is 0.528. The summed E-state index contributed by atoms with van der Waals surface area (Å²) in [5.41, 5.74) is 1.13. The average Bonchev–Trinajstić information content (AvgIpc) is 3.29. The number of ether oxygens (including phenoxy) is 2. The highest BCUT2D eigenvalue weighted by atomic mass is 16.5. The summed E-state index contributed by atoms with van der Waals surface area (Å²) in [6.07, 6.45) is 7.70. The van der Waals surface area contributed by atoms with Gasteiger partial charge in [0.15, 0.2) is 17.5 Å². The second-order valence-corrected chi connectivity index (χ2v) is 8.22. The van der Waals surface area contributed by atoms with Crippen LogP contribution in [0.3, 0.4) is 0 Å². The highest BCUT2D eigenvalue weighted by Gasteiger charge is 2.23. The SMILES string of the molecule is CN=C(NCc1ccc(OC2CCCC2)c(OC)c1)N1CCC(CC(=O)NC)CC1. The molecule has 1 heterocycles. The fraction of sp³-hybridized carbons (Fsp3) is 0.652. The lowest BCUT2D eigenvalue weighted by molar-refractivity contribution is -0.121. The second-order valence-electron chi connectivity index (χ2n) is 8.22. The standard InChI is InChI=1S/C23H36N4O3/c1-24-22(28)15-17-10-12-27(13-11-17)23(25-2)26-16-18-8-9-20(21(14-18)29-3)30-19-6-4-5-7-19/h8-9,14,17,19H,4-7,10-13,15-16H2,1-3H3,(H,24,28)(H,25,26). The number of aliphatic imine (C=N–C) groups is 1. The van der Waals surface area contributed by atoms with Crippen LogP contribution in [0.1, 0.15) is 50.5 Å². The smallest absolute Gasteiger partial charge is 0.220 e. The lowest BCUT2D eigenvalue weighted by atomic mass is 9.93. The Labute approximate surface area is 180 Å². The molecule has 1 aliphatic carbocycles. The number of hydrogen-bond acceptors (Lipinski definition) is 4. The van der Waals surface area contributed by atoms with Gasteiger partial charge in [0.05, 0.1) is 13.2 Å². The van der Waals surface area contributed by atoms with Crippen LogP contribution >= 0.6 is 0 Å². The Morgan fingerprint density at radius 3 is 2.53 bits per heavy atom. The van der Waals surface area contributed by atoms with Gasteiger partial charge in [-0.25, -0.2) is 0 Å². The molecule has 3 rings (SSSR count). The molecule has 1 saturated carbocycles. The Hall–Kier alpha value is -2.44. The molecule has 0 unspecified atom stereocenters. The number of benzene rings is 1. The van der Waals surface area contributed by atoms with Crippen LogP contribution in [0, 0.1) is 5.92 Å². The average molecular weight is 417 g/mol. The van der Waals surface area contributed by atoms with Gasteiger partial charge in [-0.05, 0) is 62.1 Å². The molecule has 2 fully saturated rings. The summed E-state index contributed by atoms with van der Waals surface area (Å²) < 4.78 is 11.7. The van der Waals surface area contributed by atoms with Crippen molar-refractivity contribution in [3.05, 3.63) is 23.8 Å². The minimum absolute atomic E-state index is 0.130. The molecule has 30 heavy (non-hydrogen) atoms. The van der Waals surface area contributed by atoms with E-state index in [1.807, 2.05) is 19.2 Å². The van der Waals surface area contributed by atoms with E-state index in [-0.39, 0.29) is 5.91 Å². The first-order valence-corrected chi connectivity index (χ1v) is 11.1. The highest BCUT2D eigenvalue weighted by molar-refractivity contribution is 5.80. The largest absolute Gasteiger partial charge is 0.493 e. The molecular weight excluding hydrogens is 380 g/mol. The van der Waals surface area contributed by atoms with Crippen LogP contribution in [0.5, 0.6) is 11.5 Å². The van der Waals surface area contributed by atoms with Crippen LogP contribution in [0.4, 0.5) is 0 Å². The number of piperidine rings is 1. The zero-order chi connectivity index (χ0) is 21.3. The minimum atomic E-state index is 0.130. The number of hydrogen-bond donors (Lipinski definition) is 2. The van der Waals surface area contributed by atoms with Crippen molar-refractivity contribution in [3.63, 3.8) is 0 Å². The van der Waals surface area contributed by atoms with Gasteiger partial charge in [0.2, 0.25) is 5.91 Å². The van der Waals surface area contributed by atoms with Crippen molar-refractivity contribution in [3.8, 4) is 11.5 Å². The lowest BCUT2D eigenvalue weighted by Crippen LogP contribution is -2.45. The Kier molecular flexibility index (Phi) is 8.22. The maximum atomic E-state index is 11.6. The van der Waals surface area contributed by atoms with E-state index in [9.17, 15) is 4.79 Å². The topological polar surface area (TPSA) is 75.2 Å². The van der Waals surface area contributed by atoms with Gasteiger partial charge in [-0.15, -0.1) is 0 Å². The van der Waals surface area contributed by atoms with E-state index in [2.05, 4.69) is 26.6 Å². The zero-order valence-electron chi connectivity index (χ0n) is 18.6. The number of methoxy groups -OCH3 is 1. The molecule has 2 aliphatic rings. The van der Waals surface area contributed by atoms with Gasteiger partial charge in [-0.2, -0.15) is 0 Å². The van der Waals surface area contributed by atoms with E-state index < -0.39 is 0 Å². The number of amides is 1. The number of rotatable bonds is 7. The van der Waals surface area contributed by atoms with Gasteiger partial charge >= 0.3 is 0 Å². The fourth-order valence-corrected chi connectivity index (χ4v) is 4.33. The molecule has 1 saturated heterocycles. The van der Waals surface area contributed by atoms with Gasteiger partial charge in [-0.1, -0.05) is 6.07 Å². The Morgan fingerprint density at radius 1 is 1.17 bits per heavy atom. The van der Waals surface area contributed by atoms with Crippen LogP contribution in [0.15, 0.2) is 23.2 Å². The van der Waals surface area contributed by atoms with E-state index >= 15 is 0 Å². The van der Waals surface area contributed by atoms with Crippen molar-refractivity contribution in [1.82, 2.24) is 15.5 Å². The molecule has 166 valence electrons. The Balaban J connectivity index is 1.51. The summed E-state index contributed by atoms with van der Waals surface area (Å²) in [6.45, 7) is 2.50. The third-order valence-electron chi connectivity index (χ3n) is 6.15. The molecule has 1 aliphatic heterocycles. The van der Waals surface area contributed by atoms with Gasteiger partial charge in [-0.3, -0.25) is 9.79 Å². The molecule has 0 spiro atoms. The van der Waals surface area contributed by atoms with E-state index in [0.29, 0.717) is 25.0 Å². The number of guanidine groups is 1. The van der Waals surface area contributed by atoms with Crippen molar-refractivity contribution in [2.75, 3.05) is 34.3 Å². The molecule has 7 heteroatoms. The zero-order valence-corrected chi connectivity index (χ0v) is 18.6. The molecule has 0 radical (unpaired) electrons. The number of likely N-dealkylation sites (tertiary alicyclic amines) is 1. The summed E-state index contributed by atoms with van der Waals surface area (Å²) in [7, 11) is 5.21. The van der Waals surface area contributed by atoms with Crippen molar-refractivity contribution in [2.24, 2.45) is 10.9 Å². The Bertz CT molecular complexity index is 723. The first kappa shape index (κ1) is 22.2. The predicted octanol–water partition coefficient (Wildman–Crippen LogP) is 2.94. The normalized spacial score (nSPS) is 18.4. The lowest BCUT2D eigenvalue weighted by Gasteiger charge is -2.34. The third kappa shape index (κ3) is 6.03. The molecule has 7 nitrogen and oxygen atoms in total. The van der Waals surface area contributed by atoms with E-state index in [4.69, 9.17) is 9.47 Å². The summed E-state index contributed by atoms with van der Waals surface area (Å²) in [5.74, 6) is 3.10. The first-order chi connectivity index (χ1) is 14.6. The van der Waals surface area contributed by atoms with Gasteiger partial charge < -0.3 is 25.0 Å². The number of nitrogens with zero attached hydrogens (tertiary/aromatic N) is 2. The van der Waals surface area contributed by atoms with Crippen LogP contribution < -0.4 is 20.1 Å². The molecule has 1 aromatic rings. The van der Waals surface area contributed by atoms with Crippen molar-refractivity contribution in [2.45, 2.75) is 57.6 Å². The molecule has 0 bridgehead atoms. The molecule has 1 amide bonds. The molecule has 0 aromatic heterocycles. The molecule has 0 atom stereocenters. The highest BCUT2D eigenvalue weighted by Crippen LogP contribution is 2.32. The molecule has 1 aromatic carbocycles. The first-order valence-electron chi connectivity index (χ1n) is 11.1. The van der Waals surface area contributed by atoms with Gasteiger partial charge in [0.1, 0.15) is 0 Å². The molecular formula is C23H36N4O3. The Morgan fingerprint density at radius 2 is 1.90 bits per heavy atom. The second kappa shape index (κ2) is 11.1. The summed E-state index contributed by atoms with van der Waals surface area (Å²) in [4.78, 5) is 18.3. The number of carbonyl (C=O) groups excluding carboxylic acids is 1. The maximum Gasteiger partial charge on any atom is 0.220 e. The van der Waals surface area contributed by atoms with Crippen LogP contribution in [0.2, 0.25) is 0 Å². The van der Waals surface area contributed by atoms with Crippen LogP contribution in [0.25, 0.3) is 0 Å². The van der Waals surface area contributed by atoms with Crippen molar-refractivity contribution in [1.29, 1.82) is 0 Å². The molecule has 2 N–H and O–H groups in total. The van der Waals surface area contributed by atoms with E-state index in [1.54, 1.807) is 14.2 Å². The van der Waals surface area contributed by atoms with Crippen molar-refractivity contribution < 1.29 is 14.3 Å². The summed E-state index contributed by atoms with van der Waals surface area (Å²) in [5, 5.41) is 6.19. The predicted molar refractivity (Wildman–Crippen MR) is 119 cm³/mol. The van der Waals surface area contributed by atoms with Crippen LogP contribution in [-0.2, 0) is 11.3 Å². The van der Waals surface area contributed by atoms with Crippen molar-refractivity contribution >= 4 is 11.9 Å². The van der Waals surface area contributed by atoms with E-state index in [0.717, 1.165) is 61.8 Å². The van der Waals surface area contributed by atoms with Gasteiger partial charge in [0, 0.05) is 40.2 Å². The van der Waals surface area contributed by atoms with Gasteiger partial charge in [0.25, 0.3) is 0 Å². The van der Waals surface area contributed by atoms with E-state index in [1.165, 1.54) is 12.8 Å². The number of carbonyl (C=O) groups is 1. The fourth-order valence-electron chi connectivity index (χ4n) is 4.33. The number of nitrogens with one attached hydrogen (secondary N) is 2. The van der Waals surface area contributed by atoms with Crippen LogP contribution in [-0.4, -0.2) is 57.2 Å². The summed E-state index contributed by atoms with van der Waals surface area (Å²) in [6, 6.07) is 6.14. The summed E-state index contributed by atoms with van der Waals surface area (Å²) >= 11 is 0. The minimum Gasteiger partial charge on any atom is -0.493 e.